The van der Waals surface area contributed by atoms with Gasteiger partial charge in [0.1, 0.15) is 11.4 Å². The molecule has 0 radical (unpaired) electrons. The topological polar surface area (TPSA) is 87.3 Å². The Hall–Kier alpha value is -2.67. The van der Waals surface area contributed by atoms with Gasteiger partial charge >= 0.3 is 0 Å². The fourth-order valence-corrected chi connectivity index (χ4v) is 2.38. The zero-order valence-electron chi connectivity index (χ0n) is 12.6. The van der Waals surface area contributed by atoms with Gasteiger partial charge in [0, 0.05) is 32.0 Å². The van der Waals surface area contributed by atoms with E-state index in [0.29, 0.717) is 19.8 Å². The monoisotopic (exact) mass is 314 g/mol. The first kappa shape index (κ1) is 15.2. The highest BCUT2D eigenvalue weighted by atomic mass is 16.5. The maximum atomic E-state index is 12.0. The molecule has 7 nitrogen and oxygen atoms in total. The molecule has 7 heteroatoms. The van der Waals surface area contributed by atoms with E-state index < -0.39 is 11.5 Å². The predicted octanol–water partition coefficient (Wildman–Crippen LogP) is 0.536. The number of aromatic nitrogens is 2. The van der Waals surface area contributed by atoms with Crippen LogP contribution in [0.2, 0.25) is 0 Å². The predicted molar refractivity (Wildman–Crippen MR) is 85.5 cm³/mol. The van der Waals surface area contributed by atoms with Crippen LogP contribution in [0.5, 0.6) is 0 Å². The first-order chi connectivity index (χ1) is 11.2. The van der Waals surface area contributed by atoms with Gasteiger partial charge in [-0.2, -0.15) is 0 Å². The van der Waals surface area contributed by atoms with Crippen LogP contribution in [0, 0.1) is 0 Å². The maximum Gasteiger partial charge on any atom is 0.260 e. The summed E-state index contributed by atoms with van der Waals surface area (Å²) in [5.41, 5.74) is 0.582. The Labute approximate surface area is 133 Å². The van der Waals surface area contributed by atoms with Gasteiger partial charge in [0.2, 0.25) is 0 Å². The molecule has 0 bridgehead atoms. The van der Waals surface area contributed by atoms with Gasteiger partial charge in [-0.05, 0) is 23.8 Å². The molecule has 0 atom stereocenters. The van der Waals surface area contributed by atoms with Crippen molar-refractivity contribution in [2.24, 2.45) is 0 Å². The summed E-state index contributed by atoms with van der Waals surface area (Å²) in [6, 6.07) is 6.97. The standard InChI is InChI=1S/C16H18N4O3/c21-15-13(2-1-5-17-15)16(22)19-11-12-3-4-14(18-10-12)20-6-8-23-9-7-20/h1-5,10H,6-9,11H2,(H,17,21)(H,19,22). The van der Waals surface area contributed by atoms with Gasteiger partial charge in [-0.1, -0.05) is 6.07 Å². The van der Waals surface area contributed by atoms with Crippen LogP contribution >= 0.6 is 0 Å². The van der Waals surface area contributed by atoms with E-state index in [2.05, 4.69) is 20.2 Å². The maximum absolute atomic E-state index is 12.0. The highest BCUT2D eigenvalue weighted by Crippen LogP contribution is 2.12. The minimum Gasteiger partial charge on any atom is -0.378 e. The summed E-state index contributed by atoms with van der Waals surface area (Å²) in [4.78, 5) is 32.6. The average Bonchev–Trinajstić information content (AvgIpc) is 2.61. The lowest BCUT2D eigenvalue weighted by Crippen LogP contribution is -2.36. The van der Waals surface area contributed by atoms with E-state index in [-0.39, 0.29) is 5.56 Å². The molecule has 0 spiro atoms. The minimum absolute atomic E-state index is 0.102. The van der Waals surface area contributed by atoms with Crippen molar-refractivity contribution in [1.82, 2.24) is 15.3 Å². The number of H-pyrrole nitrogens is 1. The second kappa shape index (κ2) is 7.06. The summed E-state index contributed by atoms with van der Waals surface area (Å²) in [6.07, 6.45) is 3.23. The number of pyridine rings is 2. The molecule has 2 aromatic heterocycles. The Kier molecular flexibility index (Phi) is 4.68. The molecule has 1 saturated heterocycles. The third kappa shape index (κ3) is 3.75. The highest BCUT2D eigenvalue weighted by Gasteiger charge is 2.12. The van der Waals surface area contributed by atoms with Crippen LogP contribution in [-0.2, 0) is 11.3 Å². The lowest BCUT2D eigenvalue weighted by Gasteiger charge is -2.27. The van der Waals surface area contributed by atoms with Crippen LogP contribution in [0.25, 0.3) is 0 Å². The number of amides is 1. The molecule has 1 aliphatic heterocycles. The van der Waals surface area contributed by atoms with Gasteiger partial charge in [-0.15, -0.1) is 0 Å². The third-order valence-corrected chi connectivity index (χ3v) is 3.66. The molecule has 23 heavy (non-hydrogen) atoms. The van der Waals surface area contributed by atoms with Gasteiger partial charge in [0.15, 0.2) is 0 Å². The number of carbonyl (C=O) groups is 1. The number of aromatic amines is 1. The van der Waals surface area contributed by atoms with Crippen LogP contribution in [0.15, 0.2) is 41.5 Å². The summed E-state index contributed by atoms with van der Waals surface area (Å²) in [7, 11) is 0. The number of rotatable bonds is 4. The van der Waals surface area contributed by atoms with E-state index in [0.717, 1.165) is 24.5 Å². The van der Waals surface area contributed by atoms with Crippen LogP contribution in [0.4, 0.5) is 5.82 Å². The molecule has 0 aliphatic carbocycles. The molecule has 0 unspecified atom stereocenters. The van der Waals surface area contributed by atoms with Crippen LogP contribution in [0.3, 0.4) is 0 Å². The fraction of sp³-hybridized carbons (Fsp3) is 0.312. The number of ether oxygens (including phenoxy) is 1. The number of carbonyl (C=O) groups excluding carboxylic acids is 1. The van der Waals surface area contributed by atoms with Gasteiger partial charge < -0.3 is 19.9 Å². The Morgan fingerprint density at radius 3 is 2.83 bits per heavy atom. The number of anilines is 1. The first-order valence-corrected chi connectivity index (χ1v) is 7.47. The molecule has 0 aromatic carbocycles. The second-order valence-electron chi connectivity index (χ2n) is 5.22. The Balaban J connectivity index is 1.59. The summed E-state index contributed by atoms with van der Waals surface area (Å²) < 4.78 is 5.32. The summed E-state index contributed by atoms with van der Waals surface area (Å²) in [6.45, 7) is 3.42. The third-order valence-electron chi connectivity index (χ3n) is 3.66. The molecule has 1 fully saturated rings. The van der Waals surface area contributed by atoms with E-state index >= 15 is 0 Å². The van der Waals surface area contributed by atoms with E-state index in [1.54, 1.807) is 12.3 Å². The van der Waals surface area contributed by atoms with Gasteiger partial charge in [-0.25, -0.2) is 4.98 Å². The van der Waals surface area contributed by atoms with Gasteiger partial charge in [0.25, 0.3) is 11.5 Å². The lowest BCUT2D eigenvalue weighted by molar-refractivity contribution is 0.0949. The van der Waals surface area contributed by atoms with Gasteiger partial charge in [0.05, 0.1) is 13.2 Å². The summed E-state index contributed by atoms with van der Waals surface area (Å²) >= 11 is 0. The molecule has 1 amide bonds. The van der Waals surface area contributed by atoms with Crippen molar-refractivity contribution in [2.45, 2.75) is 6.54 Å². The fourth-order valence-electron chi connectivity index (χ4n) is 2.38. The van der Waals surface area contributed by atoms with Crippen molar-refractivity contribution in [3.05, 3.63) is 58.1 Å². The Morgan fingerprint density at radius 1 is 1.30 bits per heavy atom. The Bertz CT molecular complexity index is 721. The highest BCUT2D eigenvalue weighted by molar-refractivity contribution is 5.93. The largest absolute Gasteiger partial charge is 0.378 e. The molecule has 0 saturated carbocycles. The zero-order valence-corrected chi connectivity index (χ0v) is 12.6. The Morgan fingerprint density at radius 2 is 2.13 bits per heavy atom. The molecule has 2 aromatic rings. The van der Waals surface area contributed by atoms with Crippen molar-refractivity contribution >= 4 is 11.7 Å². The van der Waals surface area contributed by atoms with Crippen LogP contribution in [-0.4, -0.2) is 42.2 Å². The second-order valence-corrected chi connectivity index (χ2v) is 5.22. The van der Waals surface area contributed by atoms with Crippen LogP contribution in [0.1, 0.15) is 15.9 Å². The quantitative estimate of drug-likeness (QED) is 0.860. The van der Waals surface area contributed by atoms with E-state index in [1.807, 2.05) is 12.1 Å². The molecule has 3 rings (SSSR count). The normalized spacial score (nSPS) is 14.5. The van der Waals surface area contributed by atoms with Gasteiger partial charge in [-0.3, -0.25) is 9.59 Å². The first-order valence-electron chi connectivity index (χ1n) is 7.47. The molecule has 1 aliphatic rings. The van der Waals surface area contributed by atoms with E-state index in [4.69, 9.17) is 4.74 Å². The molecular weight excluding hydrogens is 296 g/mol. The zero-order chi connectivity index (χ0) is 16.1. The van der Waals surface area contributed by atoms with Crippen molar-refractivity contribution in [3.8, 4) is 0 Å². The number of hydrogen-bond acceptors (Lipinski definition) is 5. The number of morpholine rings is 1. The van der Waals surface area contributed by atoms with Crippen LogP contribution < -0.4 is 15.8 Å². The minimum atomic E-state index is -0.399. The number of hydrogen-bond donors (Lipinski definition) is 2. The summed E-state index contributed by atoms with van der Waals surface area (Å²) in [5, 5.41) is 2.72. The summed E-state index contributed by atoms with van der Waals surface area (Å²) in [5.74, 6) is 0.506. The van der Waals surface area contributed by atoms with E-state index in [9.17, 15) is 9.59 Å². The number of nitrogens with one attached hydrogen (secondary N) is 2. The smallest absolute Gasteiger partial charge is 0.260 e. The molecule has 120 valence electrons. The van der Waals surface area contributed by atoms with Crippen molar-refractivity contribution in [3.63, 3.8) is 0 Å². The van der Waals surface area contributed by atoms with E-state index in [1.165, 1.54) is 12.3 Å². The average molecular weight is 314 g/mol. The molecule has 3 heterocycles. The van der Waals surface area contributed by atoms with Crippen molar-refractivity contribution < 1.29 is 9.53 Å². The van der Waals surface area contributed by atoms with Crippen molar-refractivity contribution in [1.29, 1.82) is 0 Å². The molecular formula is C16H18N4O3. The lowest BCUT2D eigenvalue weighted by atomic mass is 10.2. The SMILES string of the molecule is O=C(NCc1ccc(N2CCOCC2)nc1)c1ccc[nH]c1=O. The number of nitrogens with zero attached hydrogens (tertiary/aromatic N) is 2. The van der Waals surface area contributed by atoms with Crippen molar-refractivity contribution in [2.75, 3.05) is 31.2 Å². The molecule has 2 N–H and O–H groups in total.